The standard InChI is InChI=1S/C17H24N4O4/c1-10(2)18-16(22)9-21(3)8-15-19-12-7-14(25-5)13(24-4)6-11(12)17(23)20-15/h6-7,10H,8-9H2,1-5H3,(H,18,22)(H,19,20,23). The number of hydrogen-bond donors (Lipinski definition) is 2. The van der Waals surface area contributed by atoms with Crippen molar-refractivity contribution in [3.05, 3.63) is 28.3 Å². The average Bonchev–Trinajstić information content (AvgIpc) is 2.52. The summed E-state index contributed by atoms with van der Waals surface area (Å²) in [6.07, 6.45) is 0. The topological polar surface area (TPSA) is 96.5 Å². The van der Waals surface area contributed by atoms with Crippen LogP contribution in [-0.2, 0) is 11.3 Å². The minimum absolute atomic E-state index is 0.0768. The number of carbonyl (C=O) groups is 1. The lowest BCUT2D eigenvalue weighted by Crippen LogP contribution is -2.38. The fourth-order valence-corrected chi connectivity index (χ4v) is 2.51. The Hall–Kier alpha value is -2.61. The van der Waals surface area contributed by atoms with E-state index in [2.05, 4.69) is 15.3 Å². The van der Waals surface area contributed by atoms with E-state index in [-0.39, 0.29) is 24.1 Å². The van der Waals surface area contributed by atoms with E-state index >= 15 is 0 Å². The Balaban J connectivity index is 2.25. The fourth-order valence-electron chi connectivity index (χ4n) is 2.51. The maximum absolute atomic E-state index is 12.3. The van der Waals surface area contributed by atoms with Gasteiger partial charge in [-0.05, 0) is 27.0 Å². The van der Waals surface area contributed by atoms with Crippen molar-refractivity contribution in [2.24, 2.45) is 0 Å². The number of hydrogen-bond acceptors (Lipinski definition) is 6. The normalized spacial score (nSPS) is 11.2. The molecule has 1 aromatic heterocycles. The summed E-state index contributed by atoms with van der Waals surface area (Å²) in [5.74, 6) is 1.37. The minimum Gasteiger partial charge on any atom is -0.493 e. The average molecular weight is 348 g/mol. The second-order valence-electron chi connectivity index (χ2n) is 6.13. The van der Waals surface area contributed by atoms with Crippen molar-refractivity contribution in [2.45, 2.75) is 26.4 Å². The second kappa shape index (κ2) is 7.98. The smallest absolute Gasteiger partial charge is 0.258 e. The number of aromatic nitrogens is 2. The molecular formula is C17H24N4O4. The number of likely N-dealkylation sites (N-methyl/N-ethyl adjacent to an activating group) is 1. The lowest BCUT2D eigenvalue weighted by molar-refractivity contribution is -0.122. The summed E-state index contributed by atoms with van der Waals surface area (Å²) in [6.45, 7) is 4.36. The van der Waals surface area contributed by atoms with Crippen molar-refractivity contribution in [3.63, 3.8) is 0 Å². The van der Waals surface area contributed by atoms with Crippen LogP contribution in [-0.4, -0.2) is 54.6 Å². The minimum atomic E-state index is -0.263. The number of nitrogens with one attached hydrogen (secondary N) is 2. The Labute approximate surface area is 146 Å². The molecule has 8 heteroatoms. The molecule has 25 heavy (non-hydrogen) atoms. The summed E-state index contributed by atoms with van der Waals surface area (Å²) in [5.41, 5.74) is 0.248. The Morgan fingerprint density at radius 3 is 2.52 bits per heavy atom. The van der Waals surface area contributed by atoms with E-state index in [1.807, 2.05) is 13.8 Å². The first-order valence-electron chi connectivity index (χ1n) is 7.97. The third kappa shape index (κ3) is 4.69. The van der Waals surface area contributed by atoms with E-state index in [0.29, 0.717) is 34.8 Å². The van der Waals surface area contributed by atoms with Crippen molar-refractivity contribution >= 4 is 16.8 Å². The van der Waals surface area contributed by atoms with Gasteiger partial charge < -0.3 is 19.8 Å². The first kappa shape index (κ1) is 18.7. The van der Waals surface area contributed by atoms with Crippen molar-refractivity contribution in [3.8, 4) is 11.5 Å². The number of fused-ring (bicyclic) bond motifs is 1. The first-order valence-corrected chi connectivity index (χ1v) is 7.97. The molecule has 136 valence electrons. The van der Waals surface area contributed by atoms with Gasteiger partial charge in [-0.2, -0.15) is 0 Å². The summed E-state index contributed by atoms with van der Waals surface area (Å²) >= 11 is 0. The third-order valence-electron chi connectivity index (χ3n) is 3.54. The molecule has 0 aliphatic heterocycles. The van der Waals surface area contributed by atoms with Gasteiger partial charge in [0.15, 0.2) is 11.5 Å². The van der Waals surface area contributed by atoms with Crippen LogP contribution in [0.3, 0.4) is 0 Å². The highest BCUT2D eigenvalue weighted by Gasteiger charge is 2.13. The quantitative estimate of drug-likeness (QED) is 0.772. The highest BCUT2D eigenvalue weighted by Crippen LogP contribution is 2.29. The van der Waals surface area contributed by atoms with E-state index in [0.717, 1.165) is 0 Å². The number of aromatic amines is 1. The van der Waals surface area contributed by atoms with Gasteiger partial charge >= 0.3 is 0 Å². The number of carbonyl (C=O) groups excluding carboxylic acids is 1. The Morgan fingerprint density at radius 2 is 1.92 bits per heavy atom. The predicted octanol–water partition coefficient (Wildman–Crippen LogP) is 0.897. The number of benzene rings is 1. The van der Waals surface area contributed by atoms with Crippen LogP contribution in [0.4, 0.5) is 0 Å². The van der Waals surface area contributed by atoms with Gasteiger partial charge in [-0.3, -0.25) is 14.5 Å². The maximum Gasteiger partial charge on any atom is 0.258 e. The molecular weight excluding hydrogens is 324 g/mol. The van der Waals surface area contributed by atoms with Gasteiger partial charge in [0.1, 0.15) is 5.82 Å². The number of H-pyrrole nitrogens is 1. The van der Waals surface area contributed by atoms with E-state index in [9.17, 15) is 9.59 Å². The molecule has 0 radical (unpaired) electrons. The Morgan fingerprint density at radius 1 is 1.28 bits per heavy atom. The molecule has 0 fully saturated rings. The van der Waals surface area contributed by atoms with E-state index < -0.39 is 0 Å². The van der Waals surface area contributed by atoms with Gasteiger partial charge in [-0.25, -0.2) is 4.98 Å². The van der Waals surface area contributed by atoms with Crippen molar-refractivity contribution in [1.29, 1.82) is 0 Å². The van der Waals surface area contributed by atoms with Gasteiger partial charge in [-0.15, -0.1) is 0 Å². The molecule has 0 aliphatic carbocycles. The molecule has 0 saturated carbocycles. The number of amides is 1. The first-order chi connectivity index (χ1) is 11.8. The molecule has 0 aliphatic rings. The van der Waals surface area contributed by atoms with Crippen LogP contribution in [0.1, 0.15) is 19.7 Å². The number of ether oxygens (including phenoxy) is 2. The predicted molar refractivity (Wildman–Crippen MR) is 95.1 cm³/mol. The summed E-state index contributed by atoms with van der Waals surface area (Å²) < 4.78 is 10.5. The molecule has 0 atom stereocenters. The van der Waals surface area contributed by atoms with E-state index in [1.165, 1.54) is 14.2 Å². The largest absolute Gasteiger partial charge is 0.493 e. The van der Waals surface area contributed by atoms with E-state index in [4.69, 9.17) is 9.47 Å². The van der Waals surface area contributed by atoms with Crippen LogP contribution < -0.4 is 20.3 Å². The van der Waals surface area contributed by atoms with Crippen LogP contribution in [0, 0.1) is 0 Å². The van der Waals surface area contributed by atoms with Gasteiger partial charge in [0.2, 0.25) is 5.91 Å². The van der Waals surface area contributed by atoms with Gasteiger partial charge in [0.25, 0.3) is 5.56 Å². The van der Waals surface area contributed by atoms with Crippen LogP contribution in [0.5, 0.6) is 11.5 Å². The van der Waals surface area contributed by atoms with Gasteiger partial charge in [0, 0.05) is 12.1 Å². The van der Waals surface area contributed by atoms with Gasteiger partial charge in [-0.1, -0.05) is 0 Å². The highest BCUT2D eigenvalue weighted by molar-refractivity contribution is 5.82. The van der Waals surface area contributed by atoms with Crippen molar-refractivity contribution in [2.75, 3.05) is 27.8 Å². The number of methoxy groups -OCH3 is 2. The maximum atomic E-state index is 12.3. The van der Waals surface area contributed by atoms with Crippen LogP contribution in [0.2, 0.25) is 0 Å². The molecule has 1 amide bonds. The Bertz CT molecular complexity index is 816. The molecule has 0 unspecified atom stereocenters. The van der Waals surface area contributed by atoms with Crippen LogP contribution in [0.15, 0.2) is 16.9 Å². The summed E-state index contributed by atoms with van der Waals surface area (Å²) in [7, 11) is 4.83. The van der Waals surface area contributed by atoms with Crippen LogP contribution >= 0.6 is 0 Å². The summed E-state index contributed by atoms with van der Waals surface area (Å²) in [4.78, 5) is 33.1. The highest BCUT2D eigenvalue weighted by atomic mass is 16.5. The molecule has 0 bridgehead atoms. The SMILES string of the molecule is COc1cc2nc(CN(C)CC(=O)NC(C)C)[nH]c(=O)c2cc1OC. The monoisotopic (exact) mass is 348 g/mol. The lowest BCUT2D eigenvalue weighted by Gasteiger charge is -2.17. The number of rotatable bonds is 7. The molecule has 2 aromatic rings. The summed E-state index contributed by atoms with van der Waals surface area (Å²) in [6, 6.07) is 3.35. The van der Waals surface area contributed by atoms with Crippen LogP contribution in [0.25, 0.3) is 10.9 Å². The molecule has 2 rings (SSSR count). The zero-order chi connectivity index (χ0) is 18.6. The lowest BCUT2D eigenvalue weighted by atomic mass is 10.2. The summed E-state index contributed by atoms with van der Waals surface area (Å²) in [5, 5.41) is 3.24. The van der Waals surface area contributed by atoms with Gasteiger partial charge in [0.05, 0.1) is 38.2 Å². The zero-order valence-electron chi connectivity index (χ0n) is 15.2. The Kier molecular flexibility index (Phi) is 5.97. The number of nitrogens with zero attached hydrogens (tertiary/aromatic N) is 2. The fraction of sp³-hybridized carbons (Fsp3) is 0.471. The van der Waals surface area contributed by atoms with Crippen molar-refractivity contribution in [1.82, 2.24) is 20.2 Å². The molecule has 1 aromatic carbocycles. The second-order valence-corrected chi connectivity index (χ2v) is 6.13. The molecule has 8 nitrogen and oxygen atoms in total. The third-order valence-corrected chi connectivity index (χ3v) is 3.54. The van der Waals surface area contributed by atoms with E-state index in [1.54, 1.807) is 24.1 Å². The van der Waals surface area contributed by atoms with Crippen molar-refractivity contribution < 1.29 is 14.3 Å². The molecule has 0 saturated heterocycles. The molecule has 2 N–H and O–H groups in total. The zero-order valence-corrected chi connectivity index (χ0v) is 15.2. The molecule has 1 heterocycles. The molecule has 0 spiro atoms.